The number of rotatable bonds is 8. The summed E-state index contributed by atoms with van der Waals surface area (Å²) in [7, 11) is -3.87. The number of benzene rings is 3. The Morgan fingerprint density at radius 2 is 1.53 bits per heavy atom. The van der Waals surface area contributed by atoms with Crippen LogP contribution in [0.4, 0.5) is 11.4 Å². The van der Waals surface area contributed by atoms with Crippen LogP contribution in [0.25, 0.3) is 0 Å². The molecule has 0 aromatic heterocycles. The van der Waals surface area contributed by atoms with Crippen LogP contribution in [0.15, 0.2) is 82.2 Å². The van der Waals surface area contributed by atoms with Crippen molar-refractivity contribution in [2.24, 2.45) is 5.92 Å². The van der Waals surface area contributed by atoms with Gasteiger partial charge in [0, 0.05) is 21.4 Å². The molecule has 9 heteroatoms. The van der Waals surface area contributed by atoms with Gasteiger partial charge in [-0.15, -0.1) is 0 Å². The molecule has 3 N–H and O–H groups in total. The van der Waals surface area contributed by atoms with Crippen LogP contribution in [0.2, 0.25) is 0 Å². The summed E-state index contributed by atoms with van der Waals surface area (Å²) in [6, 6.07) is 18.9. The molecule has 3 rings (SSSR count). The van der Waals surface area contributed by atoms with E-state index >= 15 is 0 Å². The van der Waals surface area contributed by atoms with Crippen molar-refractivity contribution in [2.75, 3.05) is 10.0 Å². The monoisotopic (exact) mass is 543 g/mol. The van der Waals surface area contributed by atoms with E-state index in [-0.39, 0.29) is 16.7 Å². The number of carbonyl (C=O) groups is 2. The van der Waals surface area contributed by atoms with Gasteiger partial charge in [-0.25, -0.2) is 8.42 Å². The van der Waals surface area contributed by atoms with Crippen molar-refractivity contribution in [3.8, 4) is 0 Å². The minimum atomic E-state index is -3.87. The van der Waals surface area contributed by atoms with E-state index in [4.69, 9.17) is 0 Å². The minimum absolute atomic E-state index is 0.00185. The summed E-state index contributed by atoms with van der Waals surface area (Å²) in [5.41, 5.74) is 2.20. The fourth-order valence-corrected chi connectivity index (χ4v) is 4.53. The van der Waals surface area contributed by atoms with Gasteiger partial charge < -0.3 is 10.6 Å². The van der Waals surface area contributed by atoms with Crippen molar-refractivity contribution in [3.05, 3.63) is 88.4 Å². The summed E-state index contributed by atoms with van der Waals surface area (Å²) >= 11 is 3.31. The molecule has 0 spiro atoms. The van der Waals surface area contributed by atoms with Crippen molar-refractivity contribution >= 4 is 49.1 Å². The van der Waals surface area contributed by atoms with Gasteiger partial charge in [-0.3, -0.25) is 14.3 Å². The summed E-state index contributed by atoms with van der Waals surface area (Å²) in [6.07, 6.45) is 0. The third kappa shape index (κ3) is 6.68. The predicted octanol–water partition coefficient (Wildman–Crippen LogP) is 4.95. The second-order valence-corrected chi connectivity index (χ2v) is 10.8. The molecule has 0 radical (unpaired) electrons. The summed E-state index contributed by atoms with van der Waals surface area (Å²) in [5.74, 6) is -0.991. The van der Waals surface area contributed by atoms with Crippen LogP contribution in [0, 0.1) is 12.8 Å². The van der Waals surface area contributed by atoms with Gasteiger partial charge >= 0.3 is 0 Å². The summed E-state index contributed by atoms with van der Waals surface area (Å²) in [5, 5.41) is 5.49. The fourth-order valence-electron chi connectivity index (χ4n) is 3.16. The van der Waals surface area contributed by atoms with Crippen LogP contribution in [0.5, 0.6) is 0 Å². The second kappa shape index (κ2) is 10.8. The quantitative estimate of drug-likeness (QED) is 0.373. The van der Waals surface area contributed by atoms with Gasteiger partial charge in [0.05, 0.1) is 4.90 Å². The molecule has 0 saturated heterocycles. The van der Waals surface area contributed by atoms with Crippen molar-refractivity contribution in [2.45, 2.75) is 31.7 Å². The van der Waals surface area contributed by atoms with Gasteiger partial charge in [0.2, 0.25) is 5.91 Å². The van der Waals surface area contributed by atoms with Gasteiger partial charge in [0.1, 0.15) is 6.04 Å². The molecule has 0 aliphatic rings. The number of anilines is 2. The van der Waals surface area contributed by atoms with Crippen LogP contribution in [0.3, 0.4) is 0 Å². The van der Waals surface area contributed by atoms with Gasteiger partial charge in [0.25, 0.3) is 15.9 Å². The largest absolute Gasteiger partial charge is 0.340 e. The van der Waals surface area contributed by atoms with E-state index in [9.17, 15) is 18.0 Å². The van der Waals surface area contributed by atoms with E-state index in [1.807, 2.05) is 32.9 Å². The van der Waals surface area contributed by atoms with Crippen LogP contribution < -0.4 is 15.4 Å². The zero-order valence-electron chi connectivity index (χ0n) is 19.0. The van der Waals surface area contributed by atoms with Crippen molar-refractivity contribution in [3.63, 3.8) is 0 Å². The number of carbonyl (C=O) groups excluding carboxylic acids is 2. The Morgan fingerprint density at radius 3 is 2.15 bits per heavy atom. The number of aryl methyl sites for hydroxylation is 1. The van der Waals surface area contributed by atoms with Crippen LogP contribution in [0.1, 0.15) is 29.8 Å². The maximum atomic E-state index is 13.0. The third-order valence-electron chi connectivity index (χ3n) is 5.06. The van der Waals surface area contributed by atoms with Gasteiger partial charge in [-0.05, 0) is 67.4 Å². The molecule has 178 valence electrons. The van der Waals surface area contributed by atoms with Gasteiger partial charge in [0.15, 0.2) is 0 Å². The molecule has 2 amide bonds. The maximum Gasteiger partial charge on any atom is 0.261 e. The molecule has 1 atom stereocenters. The fraction of sp³-hybridized carbons (Fsp3) is 0.200. The first-order valence-corrected chi connectivity index (χ1v) is 12.9. The molecule has 0 bridgehead atoms. The molecule has 3 aromatic carbocycles. The Balaban J connectivity index is 1.73. The highest BCUT2D eigenvalue weighted by Gasteiger charge is 2.25. The normalized spacial score (nSPS) is 12.1. The van der Waals surface area contributed by atoms with E-state index in [1.165, 1.54) is 12.1 Å². The molecule has 7 nitrogen and oxygen atoms in total. The lowest BCUT2D eigenvalue weighted by atomic mass is 10.0. The standard InChI is InChI=1S/C25H26BrN3O4S/c1-16(2)23(28-24(30)18-9-7-17(3)8-10-18)25(31)27-21-5-4-6-22(15-21)34(32,33)29-20-13-11-19(26)12-14-20/h4-16,23,29H,1-3H3,(H,27,31)(H,28,30). The Bertz CT molecular complexity index is 1270. The van der Waals surface area contributed by atoms with E-state index in [2.05, 4.69) is 31.3 Å². The first-order valence-electron chi connectivity index (χ1n) is 10.6. The van der Waals surface area contributed by atoms with Crippen molar-refractivity contribution in [1.82, 2.24) is 5.32 Å². The molecule has 0 fully saturated rings. The molecule has 0 aliphatic carbocycles. The Hall–Kier alpha value is -3.17. The van der Waals surface area contributed by atoms with E-state index in [1.54, 1.807) is 48.5 Å². The summed E-state index contributed by atoms with van der Waals surface area (Å²) in [4.78, 5) is 25.6. The lowest BCUT2D eigenvalue weighted by molar-refractivity contribution is -0.118. The van der Waals surface area contributed by atoms with Crippen molar-refractivity contribution in [1.29, 1.82) is 0 Å². The first kappa shape index (κ1) is 25.5. The second-order valence-electron chi connectivity index (χ2n) is 8.19. The molecular weight excluding hydrogens is 518 g/mol. The van der Waals surface area contributed by atoms with E-state index in [0.717, 1.165) is 10.0 Å². The summed E-state index contributed by atoms with van der Waals surface area (Å²) < 4.78 is 28.9. The van der Waals surface area contributed by atoms with Crippen molar-refractivity contribution < 1.29 is 18.0 Å². The van der Waals surface area contributed by atoms with Crippen LogP contribution in [-0.4, -0.2) is 26.3 Å². The van der Waals surface area contributed by atoms with Gasteiger partial charge in [-0.1, -0.05) is 53.5 Å². The zero-order chi connectivity index (χ0) is 24.9. The van der Waals surface area contributed by atoms with E-state index in [0.29, 0.717) is 16.9 Å². The average molecular weight is 544 g/mol. The first-order chi connectivity index (χ1) is 16.0. The third-order valence-corrected chi connectivity index (χ3v) is 6.97. The van der Waals surface area contributed by atoms with Crippen LogP contribution in [-0.2, 0) is 14.8 Å². The maximum absolute atomic E-state index is 13.0. The number of sulfonamides is 1. The highest BCUT2D eigenvalue weighted by atomic mass is 79.9. The molecule has 3 aromatic rings. The lowest BCUT2D eigenvalue weighted by Crippen LogP contribution is -2.47. The zero-order valence-corrected chi connectivity index (χ0v) is 21.4. The number of hydrogen-bond donors (Lipinski definition) is 3. The molecule has 0 aliphatic heterocycles. The molecule has 1 unspecified atom stereocenters. The average Bonchev–Trinajstić information content (AvgIpc) is 2.79. The Labute approximate surface area is 208 Å². The number of hydrogen-bond acceptors (Lipinski definition) is 4. The Morgan fingerprint density at radius 1 is 0.882 bits per heavy atom. The molecule has 0 heterocycles. The highest BCUT2D eigenvalue weighted by molar-refractivity contribution is 9.10. The summed E-state index contributed by atoms with van der Waals surface area (Å²) in [6.45, 7) is 5.57. The molecule has 0 saturated carbocycles. The minimum Gasteiger partial charge on any atom is -0.340 e. The smallest absolute Gasteiger partial charge is 0.261 e. The highest BCUT2D eigenvalue weighted by Crippen LogP contribution is 2.21. The van der Waals surface area contributed by atoms with E-state index < -0.39 is 22.0 Å². The predicted molar refractivity (Wildman–Crippen MR) is 137 cm³/mol. The topological polar surface area (TPSA) is 104 Å². The van der Waals surface area contributed by atoms with Crippen LogP contribution >= 0.6 is 15.9 Å². The number of nitrogens with one attached hydrogen (secondary N) is 3. The number of halogens is 1. The number of amides is 2. The van der Waals surface area contributed by atoms with Gasteiger partial charge in [-0.2, -0.15) is 0 Å². The Kier molecular flexibility index (Phi) is 8.11. The lowest BCUT2D eigenvalue weighted by Gasteiger charge is -2.22. The molecule has 34 heavy (non-hydrogen) atoms. The molecular formula is C25H26BrN3O4S. The SMILES string of the molecule is Cc1ccc(C(=O)NC(C(=O)Nc2cccc(S(=O)(=O)Nc3ccc(Br)cc3)c2)C(C)C)cc1.